The second kappa shape index (κ2) is 6.81. The summed E-state index contributed by atoms with van der Waals surface area (Å²) in [5.74, 6) is 0.331. The molecule has 2 aromatic rings. The van der Waals surface area contributed by atoms with E-state index in [4.69, 9.17) is 9.47 Å². The number of nitrogens with one attached hydrogen (secondary N) is 1. The maximum atomic E-state index is 12.0. The van der Waals surface area contributed by atoms with E-state index in [1.807, 2.05) is 0 Å². The SMILES string of the molecule is CNC(=O)c1nccc(CO)c1-c1nc(OC)cc(OC)n1. The van der Waals surface area contributed by atoms with Crippen molar-refractivity contribution in [2.75, 3.05) is 21.3 Å². The highest BCUT2D eigenvalue weighted by Crippen LogP contribution is 2.27. The third kappa shape index (κ3) is 2.96. The summed E-state index contributed by atoms with van der Waals surface area (Å²) in [6.45, 7) is -0.287. The molecule has 22 heavy (non-hydrogen) atoms. The van der Waals surface area contributed by atoms with Gasteiger partial charge >= 0.3 is 0 Å². The summed E-state index contributed by atoms with van der Waals surface area (Å²) >= 11 is 0. The molecule has 1 amide bonds. The van der Waals surface area contributed by atoms with Gasteiger partial charge in [0.15, 0.2) is 5.82 Å². The largest absolute Gasteiger partial charge is 0.481 e. The molecule has 0 bridgehead atoms. The van der Waals surface area contributed by atoms with Crippen LogP contribution in [-0.2, 0) is 6.61 Å². The number of aliphatic hydroxyl groups is 1. The van der Waals surface area contributed by atoms with E-state index in [2.05, 4.69) is 20.3 Å². The zero-order valence-electron chi connectivity index (χ0n) is 12.5. The van der Waals surface area contributed by atoms with Crippen LogP contribution in [0.2, 0.25) is 0 Å². The Morgan fingerprint density at radius 1 is 1.27 bits per heavy atom. The van der Waals surface area contributed by atoms with Crippen molar-refractivity contribution in [2.24, 2.45) is 0 Å². The average Bonchev–Trinajstić information content (AvgIpc) is 2.59. The molecule has 0 spiro atoms. The number of ether oxygens (including phenoxy) is 2. The van der Waals surface area contributed by atoms with E-state index in [0.717, 1.165) is 0 Å². The summed E-state index contributed by atoms with van der Waals surface area (Å²) in [7, 11) is 4.41. The van der Waals surface area contributed by atoms with Gasteiger partial charge in [-0.2, -0.15) is 9.97 Å². The molecular formula is C14H16N4O4. The molecule has 0 aliphatic heterocycles. The molecule has 0 aliphatic carbocycles. The topological polar surface area (TPSA) is 106 Å². The van der Waals surface area contributed by atoms with E-state index in [0.29, 0.717) is 11.1 Å². The van der Waals surface area contributed by atoms with Crippen molar-refractivity contribution < 1.29 is 19.4 Å². The van der Waals surface area contributed by atoms with Crippen molar-refractivity contribution in [3.8, 4) is 23.1 Å². The fourth-order valence-electron chi connectivity index (χ4n) is 1.90. The smallest absolute Gasteiger partial charge is 0.270 e. The summed E-state index contributed by atoms with van der Waals surface area (Å²) < 4.78 is 10.2. The van der Waals surface area contributed by atoms with Gasteiger partial charge < -0.3 is 19.9 Å². The number of aliphatic hydroxyl groups excluding tert-OH is 1. The van der Waals surface area contributed by atoms with Crippen LogP contribution in [0.25, 0.3) is 11.4 Å². The standard InChI is InChI=1S/C14H16N4O4/c1-15-14(20)12-11(8(7-19)4-5-16-12)13-17-9(21-2)6-10(18-13)22-3/h4-6,19H,7H2,1-3H3,(H,15,20). The fraction of sp³-hybridized carbons (Fsp3) is 0.286. The van der Waals surface area contributed by atoms with Gasteiger partial charge in [0.2, 0.25) is 11.8 Å². The van der Waals surface area contributed by atoms with E-state index < -0.39 is 5.91 Å². The number of hydrogen-bond acceptors (Lipinski definition) is 7. The van der Waals surface area contributed by atoms with Gasteiger partial charge in [0.05, 0.1) is 32.5 Å². The lowest BCUT2D eigenvalue weighted by Crippen LogP contribution is -2.21. The first-order valence-electron chi connectivity index (χ1n) is 6.42. The Labute approximate surface area is 127 Å². The Morgan fingerprint density at radius 2 is 1.91 bits per heavy atom. The predicted octanol–water partition coefficient (Wildman–Crippen LogP) is 0.408. The Hall–Kier alpha value is -2.74. The molecule has 0 atom stereocenters. The number of hydrogen-bond donors (Lipinski definition) is 2. The molecule has 2 N–H and O–H groups in total. The maximum absolute atomic E-state index is 12.0. The van der Waals surface area contributed by atoms with Crippen molar-refractivity contribution in [3.05, 3.63) is 29.6 Å². The highest BCUT2D eigenvalue weighted by atomic mass is 16.5. The van der Waals surface area contributed by atoms with Crippen LogP contribution in [0.15, 0.2) is 18.3 Å². The number of nitrogens with zero attached hydrogens (tertiary/aromatic N) is 3. The van der Waals surface area contributed by atoms with Gasteiger partial charge in [0, 0.05) is 13.2 Å². The normalized spacial score (nSPS) is 10.2. The summed E-state index contributed by atoms with van der Waals surface area (Å²) in [5, 5.41) is 12.0. The van der Waals surface area contributed by atoms with Gasteiger partial charge in [0.1, 0.15) is 5.69 Å². The lowest BCUT2D eigenvalue weighted by molar-refractivity contribution is 0.0958. The Kier molecular flexibility index (Phi) is 4.84. The van der Waals surface area contributed by atoms with Gasteiger partial charge in [-0.15, -0.1) is 0 Å². The minimum Gasteiger partial charge on any atom is -0.481 e. The summed E-state index contributed by atoms with van der Waals surface area (Å²) in [6.07, 6.45) is 1.44. The number of methoxy groups -OCH3 is 2. The van der Waals surface area contributed by atoms with E-state index >= 15 is 0 Å². The molecule has 8 heteroatoms. The molecule has 8 nitrogen and oxygen atoms in total. The van der Waals surface area contributed by atoms with Crippen LogP contribution in [0.1, 0.15) is 16.1 Å². The predicted molar refractivity (Wildman–Crippen MR) is 77.7 cm³/mol. The number of amides is 1. The van der Waals surface area contributed by atoms with E-state index in [9.17, 15) is 9.90 Å². The van der Waals surface area contributed by atoms with E-state index in [1.165, 1.54) is 33.5 Å². The number of rotatable bonds is 5. The monoisotopic (exact) mass is 304 g/mol. The molecule has 0 aromatic carbocycles. The molecule has 0 unspecified atom stereocenters. The summed E-state index contributed by atoms with van der Waals surface area (Å²) in [5.41, 5.74) is 0.926. The highest BCUT2D eigenvalue weighted by molar-refractivity contribution is 5.98. The molecule has 0 saturated heterocycles. The number of pyridine rings is 1. The third-order valence-corrected chi connectivity index (χ3v) is 2.97. The first-order valence-corrected chi connectivity index (χ1v) is 6.42. The first kappa shape index (κ1) is 15.6. The van der Waals surface area contributed by atoms with Gasteiger partial charge in [-0.1, -0.05) is 0 Å². The number of carbonyl (C=O) groups excluding carboxylic acids is 1. The van der Waals surface area contributed by atoms with Crippen LogP contribution in [0.5, 0.6) is 11.8 Å². The Bertz CT molecular complexity index is 668. The van der Waals surface area contributed by atoms with Crippen LogP contribution in [0.3, 0.4) is 0 Å². The van der Waals surface area contributed by atoms with Gasteiger partial charge in [0.25, 0.3) is 5.91 Å². The second-order valence-corrected chi connectivity index (χ2v) is 4.21. The minimum atomic E-state index is -0.407. The van der Waals surface area contributed by atoms with Crippen molar-refractivity contribution in [3.63, 3.8) is 0 Å². The highest BCUT2D eigenvalue weighted by Gasteiger charge is 2.20. The fourth-order valence-corrected chi connectivity index (χ4v) is 1.90. The van der Waals surface area contributed by atoms with E-state index in [1.54, 1.807) is 6.07 Å². The van der Waals surface area contributed by atoms with Crippen LogP contribution in [0, 0.1) is 0 Å². The molecule has 0 saturated carbocycles. The second-order valence-electron chi connectivity index (χ2n) is 4.21. The van der Waals surface area contributed by atoms with Gasteiger partial charge in [-0.3, -0.25) is 9.78 Å². The summed E-state index contributed by atoms with van der Waals surface area (Å²) in [4.78, 5) is 24.5. The van der Waals surface area contributed by atoms with Gasteiger partial charge in [-0.05, 0) is 11.6 Å². The molecule has 2 aromatic heterocycles. The lowest BCUT2D eigenvalue weighted by Gasteiger charge is -2.12. The number of aromatic nitrogens is 3. The quantitative estimate of drug-likeness (QED) is 0.823. The Balaban J connectivity index is 2.72. The van der Waals surface area contributed by atoms with Gasteiger partial charge in [-0.25, -0.2) is 0 Å². The molecule has 0 radical (unpaired) electrons. The van der Waals surface area contributed by atoms with E-state index in [-0.39, 0.29) is 29.9 Å². The van der Waals surface area contributed by atoms with Crippen LogP contribution in [0.4, 0.5) is 0 Å². The average molecular weight is 304 g/mol. The van der Waals surface area contributed by atoms with Crippen LogP contribution < -0.4 is 14.8 Å². The minimum absolute atomic E-state index is 0.115. The molecule has 0 aliphatic rings. The Morgan fingerprint density at radius 3 is 2.41 bits per heavy atom. The van der Waals surface area contributed by atoms with Crippen LogP contribution >= 0.6 is 0 Å². The third-order valence-electron chi connectivity index (χ3n) is 2.97. The molecular weight excluding hydrogens is 288 g/mol. The number of carbonyl (C=O) groups is 1. The van der Waals surface area contributed by atoms with Crippen molar-refractivity contribution in [2.45, 2.75) is 6.61 Å². The molecule has 2 rings (SSSR count). The van der Waals surface area contributed by atoms with Crippen molar-refractivity contribution in [1.29, 1.82) is 0 Å². The molecule has 2 heterocycles. The first-order chi connectivity index (χ1) is 10.6. The van der Waals surface area contributed by atoms with Crippen molar-refractivity contribution in [1.82, 2.24) is 20.3 Å². The maximum Gasteiger partial charge on any atom is 0.270 e. The molecule has 0 fully saturated rings. The van der Waals surface area contributed by atoms with Crippen molar-refractivity contribution >= 4 is 5.91 Å². The van der Waals surface area contributed by atoms with Crippen LogP contribution in [-0.4, -0.2) is 47.2 Å². The lowest BCUT2D eigenvalue weighted by atomic mass is 10.1. The zero-order valence-corrected chi connectivity index (χ0v) is 12.5. The zero-order chi connectivity index (χ0) is 16.1. The molecule has 116 valence electrons. The summed E-state index contributed by atoms with van der Waals surface area (Å²) in [6, 6.07) is 3.11.